The van der Waals surface area contributed by atoms with E-state index in [1.807, 2.05) is 12.1 Å². The normalized spacial score (nSPS) is 16.9. The molecule has 0 aromatic heterocycles. The van der Waals surface area contributed by atoms with Gasteiger partial charge in [0.1, 0.15) is 0 Å². The van der Waals surface area contributed by atoms with Crippen molar-refractivity contribution in [3.63, 3.8) is 0 Å². The Morgan fingerprint density at radius 1 is 1.20 bits per heavy atom. The number of nitrogens with two attached hydrogens (primary N) is 1. The summed E-state index contributed by atoms with van der Waals surface area (Å²) < 4.78 is 0. The maximum Gasteiger partial charge on any atom is 0.490 e. The van der Waals surface area contributed by atoms with Crippen molar-refractivity contribution in [1.82, 2.24) is 0 Å². The topological polar surface area (TPSA) is 66.5 Å². The lowest BCUT2D eigenvalue weighted by atomic mass is 9.77. The molecule has 0 atom stereocenters. The average Bonchev–Trinajstić information content (AvgIpc) is 2.71. The zero-order chi connectivity index (χ0) is 10.8. The summed E-state index contributed by atoms with van der Waals surface area (Å²) in [5.74, 6) is 0.572. The van der Waals surface area contributed by atoms with Crippen molar-refractivity contribution in [2.45, 2.75) is 31.6 Å². The molecule has 0 saturated heterocycles. The average molecular weight is 205 g/mol. The molecule has 1 aromatic carbocycles. The fraction of sp³-hybridized carbons (Fsp3) is 0.455. The molecule has 0 bridgehead atoms. The van der Waals surface area contributed by atoms with Crippen LogP contribution in [0.3, 0.4) is 0 Å². The van der Waals surface area contributed by atoms with Crippen LogP contribution in [0.5, 0.6) is 0 Å². The van der Waals surface area contributed by atoms with Gasteiger partial charge >= 0.3 is 7.12 Å². The summed E-state index contributed by atoms with van der Waals surface area (Å²) in [5, 5.41) is 18.3. The molecule has 1 aliphatic carbocycles. The zero-order valence-electron chi connectivity index (χ0n) is 8.69. The van der Waals surface area contributed by atoms with Gasteiger partial charge in [0, 0.05) is 11.2 Å². The first-order valence-corrected chi connectivity index (χ1v) is 5.44. The van der Waals surface area contributed by atoms with E-state index in [1.165, 1.54) is 31.2 Å². The first-order chi connectivity index (χ1) is 7.18. The predicted octanol–water partition coefficient (Wildman–Crippen LogP) is 0.606. The van der Waals surface area contributed by atoms with Crippen LogP contribution < -0.4 is 11.2 Å². The zero-order valence-corrected chi connectivity index (χ0v) is 8.69. The molecule has 3 nitrogen and oxygen atoms in total. The Balaban J connectivity index is 2.29. The first kappa shape index (κ1) is 10.5. The first-order valence-electron chi connectivity index (χ1n) is 5.44. The summed E-state index contributed by atoms with van der Waals surface area (Å²) in [4.78, 5) is 0. The number of nitrogen functional groups attached to an aromatic ring is 1. The lowest BCUT2D eigenvalue weighted by molar-refractivity contribution is 0.426. The van der Waals surface area contributed by atoms with E-state index < -0.39 is 7.12 Å². The van der Waals surface area contributed by atoms with Crippen molar-refractivity contribution in [2.75, 3.05) is 5.73 Å². The van der Waals surface area contributed by atoms with Gasteiger partial charge < -0.3 is 15.8 Å². The molecule has 1 saturated carbocycles. The summed E-state index contributed by atoms with van der Waals surface area (Å²) in [5.41, 5.74) is 7.73. The predicted molar refractivity (Wildman–Crippen MR) is 61.9 cm³/mol. The summed E-state index contributed by atoms with van der Waals surface area (Å²) >= 11 is 0. The van der Waals surface area contributed by atoms with Gasteiger partial charge in [-0.15, -0.1) is 0 Å². The fourth-order valence-corrected chi connectivity index (χ4v) is 2.33. The lowest BCUT2D eigenvalue weighted by Crippen LogP contribution is -2.32. The van der Waals surface area contributed by atoms with E-state index in [2.05, 4.69) is 0 Å². The van der Waals surface area contributed by atoms with Crippen molar-refractivity contribution in [3.8, 4) is 0 Å². The van der Waals surface area contributed by atoms with Crippen molar-refractivity contribution in [1.29, 1.82) is 0 Å². The van der Waals surface area contributed by atoms with Crippen LogP contribution in [0.1, 0.15) is 37.2 Å². The quantitative estimate of drug-likeness (QED) is 0.489. The molecule has 0 heterocycles. The van der Waals surface area contributed by atoms with E-state index in [9.17, 15) is 0 Å². The number of rotatable bonds is 2. The molecule has 0 amide bonds. The molecule has 0 unspecified atom stereocenters. The van der Waals surface area contributed by atoms with E-state index in [0.29, 0.717) is 17.1 Å². The Morgan fingerprint density at radius 2 is 1.87 bits per heavy atom. The van der Waals surface area contributed by atoms with Gasteiger partial charge in [0.15, 0.2) is 0 Å². The third-order valence-corrected chi connectivity index (χ3v) is 3.22. The summed E-state index contributed by atoms with van der Waals surface area (Å²) in [6.07, 6.45) is 4.94. The highest BCUT2D eigenvalue weighted by atomic mass is 16.4. The van der Waals surface area contributed by atoms with Gasteiger partial charge in [-0.2, -0.15) is 0 Å². The van der Waals surface area contributed by atoms with Crippen molar-refractivity contribution < 1.29 is 10.0 Å². The molecule has 0 spiro atoms. The highest BCUT2D eigenvalue weighted by molar-refractivity contribution is 6.60. The second kappa shape index (κ2) is 4.25. The second-order valence-corrected chi connectivity index (χ2v) is 4.24. The van der Waals surface area contributed by atoms with E-state index >= 15 is 0 Å². The highest BCUT2D eigenvalue weighted by Crippen LogP contribution is 2.33. The molecule has 4 heteroatoms. The van der Waals surface area contributed by atoms with Crippen molar-refractivity contribution in [3.05, 3.63) is 23.8 Å². The molecule has 1 fully saturated rings. The second-order valence-electron chi connectivity index (χ2n) is 4.24. The van der Waals surface area contributed by atoms with Gasteiger partial charge in [0.2, 0.25) is 0 Å². The van der Waals surface area contributed by atoms with Crippen molar-refractivity contribution >= 4 is 18.3 Å². The smallest absolute Gasteiger partial charge is 0.423 e. The van der Waals surface area contributed by atoms with Crippen molar-refractivity contribution in [2.24, 2.45) is 0 Å². The highest BCUT2D eigenvalue weighted by Gasteiger charge is 2.20. The van der Waals surface area contributed by atoms with Gasteiger partial charge in [-0.3, -0.25) is 0 Å². The lowest BCUT2D eigenvalue weighted by Gasteiger charge is -2.12. The van der Waals surface area contributed by atoms with Gasteiger partial charge in [-0.25, -0.2) is 0 Å². The number of hydrogen-bond acceptors (Lipinski definition) is 3. The van der Waals surface area contributed by atoms with Crippen LogP contribution >= 0.6 is 0 Å². The Kier molecular flexibility index (Phi) is 2.98. The summed E-state index contributed by atoms with van der Waals surface area (Å²) in [6, 6.07) is 5.59. The van der Waals surface area contributed by atoms with Crippen LogP contribution in [0.25, 0.3) is 0 Å². The molecular weight excluding hydrogens is 189 g/mol. The molecule has 1 aromatic rings. The standard InChI is InChI=1S/C11H16BNO2/c13-11-6-5-9(7-10(11)12(14)15)8-3-1-2-4-8/h5-8,14-15H,1-4,13H2. The molecule has 0 radical (unpaired) electrons. The Bertz CT molecular complexity index is 348. The number of benzene rings is 1. The minimum Gasteiger partial charge on any atom is -0.423 e. The van der Waals surface area contributed by atoms with Crippen LogP contribution in [0.2, 0.25) is 0 Å². The molecule has 0 aliphatic heterocycles. The molecule has 15 heavy (non-hydrogen) atoms. The molecule has 2 rings (SSSR count). The van der Waals surface area contributed by atoms with E-state index in [4.69, 9.17) is 15.8 Å². The Labute approximate surface area is 90.1 Å². The van der Waals surface area contributed by atoms with Gasteiger partial charge in [-0.1, -0.05) is 25.0 Å². The number of hydrogen-bond donors (Lipinski definition) is 3. The van der Waals surface area contributed by atoms with Crippen LogP contribution in [0.15, 0.2) is 18.2 Å². The van der Waals surface area contributed by atoms with E-state index in [-0.39, 0.29) is 0 Å². The molecular formula is C11H16BNO2. The minimum atomic E-state index is -1.47. The van der Waals surface area contributed by atoms with E-state index in [1.54, 1.807) is 6.07 Å². The third kappa shape index (κ3) is 2.16. The fourth-order valence-electron chi connectivity index (χ4n) is 2.33. The van der Waals surface area contributed by atoms with Gasteiger partial charge in [-0.05, 0) is 30.4 Å². The minimum absolute atomic E-state index is 0.430. The Hall–Kier alpha value is -0.995. The molecule has 1 aliphatic rings. The monoisotopic (exact) mass is 205 g/mol. The van der Waals surface area contributed by atoms with Crippen LogP contribution in [-0.2, 0) is 0 Å². The van der Waals surface area contributed by atoms with Crippen LogP contribution in [-0.4, -0.2) is 17.2 Å². The van der Waals surface area contributed by atoms with Gasteiger partial charge in [0.05, 0.1) is 0 Å². The number of anilines is 1. The third-order valence-electron chi connectivity index (χ3n) is 3.22. The Morgan fingerprint density at radius 3 is 2.47 bits per heavy atom. The SMILES string of the molecule is Nc1ccc(C2CCCC2)cc1B(O)O. The van der Waals surface area contributed by atoms with E-state index in [0.717, 1.165) is 0 Å². The van der Waals surface area contributed by atoms with Crippen LogP contribution in [0, 0.1) is 0 Å². The molecule has 4 N–H and O–H groups in total. The maximum atomic E-state index is 9.15. The maximum absolute atomic E-state index is 9.15. The van der Waals surface area contributed by atoms with Crippen LogP contribution in [0.4, 0.5) is 5.69 Å². The summed E-state index contributed by atoms with van der Waals surface area (Å²) in [6.45, 7) is 0. The van der Waals surface area contributed by atoms with Gasteiger partial charge in [0.25, 0.3) is 0 Å². The summed E-state index contributed by atoms with van der Waals surface area (Å²) in [7, 11) is -1.47. The largest absolute Gasteiger partial charge is 0.490 e. The molecule has 80 valence electrons.